The van der Waals surface area contributed by atoms with Crippen LogP contribution in [-0.2, 0) is 9.53 Å². The third kappa shape index (κ3) is 7.04. The van der Waals surface area contributed by atoms with Crippen molar-refractivity contribution in [1.29, 1.82) is 0 Å². The van der Waals surface area contributed by atoms with Crippen LogP contribution < -0.4 is 5.56 Å². The molecule has 0 aliphatic heterocycles. The smallest absolute Gasteiger partial charge is 0.307 e. The van der Waals surface area contributed by atoms with Gasteiger partial charge in [0.05, 0.1) is 12.0 Å². The average molecular weight is 430 g/mol. The van der Waals surface area contributed by atoms with Gasteiger partial charge in [0.2, 0.25) is 11.7 Å². The van der Waals surface area contributed by atoms with Crippen molar-refractivity contribution in [3.8, 4) is 11.4 Å². The van der Waals surface area contributed by atoms with Crippen LogP contribution >= 0.6 is 0 Å². The number of carbonyl (C=O) groups is 1. The summed E-state index contributed by atoms with van der Waals surface area (Å²) in [7, 11) is 0. The summed E-state index contributed by atoms with van der Waals surface area (Å²) < 4.78 is 11.0. The monoisotopic (exact) mass is 429 g/mol. The minimum Gasteiger partial charge on any atom is -0.460 e. The van der Waals surface area contributed by atoms with E-state index in [1.54, 1.807) is 12.1 Å². The highest BCUT2D eigenvalue weighted by atomic mass is 16.6. The molecule has 0 bridgehead atoms. The van der Waals surface area contributed by atoms with Crippen molar-refractivity contribution in [1.82, 2.24) is 15.1 Å². The molecule has 1 atom stereocenters. The standard InChI is InChI=1S/C24H35N3O4/c1-16-13-14-19(22(29)25-16)21-26-23(31-27-21)18(15-20(28)30-24(2,3)4)12-8-11-17-9-6-5-7-10-17/h13-14,17-18H,5-12,15H2,1-4H3,(H,25,29). The second kappa shape index (κ2) is 10.2. The predicted molar refractivity (Wildman–Crippen MR) is 119 cm³/mol. The number of carbonyl (C=O) groups excluding carboxylic acids is 1. The van der Waals surface area contributed by atoms with E-state index in [1.807, 2.05) is 27.7 Å². The maximum Gasteiger partial charge on any atom is 0.307 e. The van der Waals surface area contributed by atoms with Gasteiger partial charge in [-0.3, -0.25) is 9.59 Å². The molecule has 1 aliphatic carbocycles. The van der Waals surface area contributed by atoms with Crippen molar-refractivity contribution >= 4 is 5.97 Å². The molecule has 0 radical (unpaired) electrons. The van der Waals surface area contributed by atoms with Crippen molar-refractivity contribution in [2.75, 3.05) is 0 Å². The first-order chi connectivity index (χ1) is 14.7. The van der Waals surface area contributed by atoms with Gasteiger partial charge in [-0.05, 0) is 52.2 Å². The Hall–Kier alpha value is -2.44. The van der Waals surface area contributed by atoms with Gasteiger partial charge < -0.3 is 14.2 Å². The number of aromatic amines is 1. The zero-order valence-electron chi connectivity index (χ0n) is 19.2. The van der Waals surface area contributed by atoms with Gasteiger partial charge in [-0.2, -0.15) is 4.98 Å². The Morgan fingerprint density at radius 3 is 2.68 bits per heavy atom. The minimum atomic E-state index is -0.543. The van der Waals surface area contributed by atoms with Crippen LogP contribution in [-0.4, -0.2) is 26.7 Å². The summed E-state index contributed by atoms with van der Waals surface area (Å²) in [6.45, 7) is 7.39. The molecule has 2 aromatic rings. The Morgan fingerprint density at radius 2 is 2.00 bits per heavy atom. The minimum absolute atomic E-state index is 0.188. The number of aryl methyl sites for hydroxylation is 1. The normalized spacial score (nSPS) is 16.3. The summed E-state index contributed by atoms with van der Waals surface area (Å²) in [5, 5.41) is 4.02. The van der Waals surface area contributed by atoms with Crippen LogP contribution in [0.1, 0.15) is 96.1 Å². The van der Waals surface area contributed by atoms with Crippen molar-refractivity contribution in [3.63, 3.8) is 0 Å². The summed E-state index contributed by atoms with van der Waals surface area (Å²) in [5.74, 6) is 0.926. The van der Waals surface area contributed by atoms with E-state index >= 15 is 0 Å². The van der Waals surface area contributed by atoms with Gasteiger partial charge in [0, 0.05) is 11.6 Å². The molecule has 0 saturated heterocycles. The summed E-state index contributed by atoms with van der Waals surface area (Å²) in [5.41, 5.74) is 0.328. The highest BCUT2D eigenvalue weighted by Gasteiger charge is 2.27. The third-order valence-corrected chi connectivity index (χ3v) is 5.81. The van der Waals surface area contributed by atoms with E-state index in [4.69, 9.17) is 9.26 Å². The van der Waals surface area contributed by atoms with Gasteiger partial charge in [0.15, 0.2) is 0 Å². The van der Waals surface area contributed by atoms with Crippen LogP contribution in [0.3, 0.4) is 0 Å². The van der Waals surface area contributed by atoms with Crippen LogP contribution in [0.2, 0.25) is 0 Å². The number of hydrogen-bond donors (Lipinski definition) is 1. The average Bonchev–Trinajstić information content (AvgIpc) is 3.16. The fourth-order valence-corrected chi connectivity index (χ4v) is 4.28. The van der Waals surface area contributed by atoms with E-state index in [9.17, 15) is 9.59 Å². The SMILES string of the molecule is Cc1ccc(-c2noc(C(CCCC3CCCCC3)CC(=O)OC(C)(C)C)n2)c(=O)[nH]1. The van der Waals surface area contributed by atoms with Gasteiger partial charge in [0.1, 0.15) is 5.60 Å². The van der Waals surface area contributed by atoms with Crippen molar-refractivity contribution in [2.45, 2.75) is 97.0 Å². The quantitative estimate of drug-likeness (QED) is 0.572. The van der Waals surface area contributed by atoms with Gasteiger partial charge >= 0.3 is 5.97 Å². The fourth-order valence-electron chi connectivity index (χ4n) is 4.28. The zero-order chi connectivity index (χ0) is 22.4. The molecule has 1 saturated carbocycles. The first-order valence-corrected chi connectivity index (χ1v) is 11.5. The molecule has 0 aromatic carbocycles. The molecule has 7 heteroatoms. The first-order valence-electron chi connectivity index (χ1n) is 11.5. The number of aromatic nitrogens is 3. The summed E-state index contributed by atoms with van der Waals surface area (Å²) in [6.07, 6.45) is 9.73. The maximum atomic E-state index is 12.5. The van der Waals surface area contributed by atoms with Gasteiger partial charge in [0.25, 0.3) is 5.56 Å². The van der Waals surface area contributed by atoms with Crippen LogP contribution in [0.4, 0.5) is 0 Å². The topological polar surface area (TPSA) is 98.1 Å². The lowest BCUT2D eigenvalue weighted by Gasteiger charge is -2.23. The lowest BCUT2D eigenvalue weighted by molar-refractivity contribution is -0.155. The summed E-state index contributed by atoms with van der Waals surface area (Å²) in [4.78, 5) is 32.0. The molecule has 1 unspecified atom stereocenters. The summed E-state index contributed by atoms with van der Waals surface area (Å²) in [6, 6.07) is 3.49. The molecule has 1 aliphatic rings. The molecular weight excluding hydrogens is 394 g/mol. The number of pyridine rings is 1. The molecule has 170 valence electrons. The molecule has 31 heavy (non-hydrogen) atoms. The highest BCUT2D eigenvalue weighted by molar-refractivity contribution is 5.70. The molecule has 2 heterocycles. The second-order valence-corrected chi connectivity index (χ2v) is 9.76. The number of nitrogens with zero attached hydrogens (tertiary/aromatic N) is 2. The molecule has 0 amide bonds. The lowest BCUT2D eigenvalue weighted by Crippen LogP contribution is -2.25. The third-order valence-electron chi connectivity index (χ3n) is 5.81. The molecule has 0 spiro atoms. The number of H-pyrrole nitrogens is 1. The molecule has 3 rings (SSSR count). The Morgan fingerprint density at radius 1 is 1.26 bits per heavy atom. The van der Waals surface area contributed by atoms with Gasteiger partial charge in [-0.15, -0.1) is 0 Å². The van der Waals surface area contributed by atoms with E-state index in [-0.39, 0.29) is 29.7 Å². The van der Waals surface area contributed by atoms with E-state index in [0.717, 1.165) is 30.9 Å². The van der Waals surface area contributed by atoms with Crippen molar-refractivity contribution in [3.05, 3.63) is 34.1 Å². The zero-order valence-corrected chi connectivity index (χ0v) is 19.2. The molecule has 1 fully saturated rings. The van der Waals surface area contributed by atoms with Gasteiger partial charge in [-0.1, -0.05) is 50.1 Å². The van der Waals surface area contributed by atoms with Crippen molar-refractivity contribution in [2.24, 2.45) is 5.92 Å². The van der Waals surface area contributed by atoms with E-state index in [1.165, 1.54) is 32.1 Å². The molecule has 2 aromatic heterocycles. The number of rotatable bonds is 8. The Balaban J connectivity index is 1.72. The first kappa shape index (κ1) is 23.2. The van der Waals surface area contributed by atoms with Crippen LogP contribution in [0, 0.1) is 12.8 Å². The van der Waals surface area contributed by atoms with Crippen molar-refractivity contribution < 1.29 is 14.1 Å². The predicted octanol–water partition coefficient (Wildman–Crippen LogP) is 5.30. The maximum absolute atomic E-state index is 12.5. The Labute approximate surface area is 184 Å². The number of ether oxygens (including phenoxy) is 1. The lowest BCUT2D eigenvalue weighted by atomic mass is 9.84. The number of esters is 1. The highest BCUT2D eigenvalue weighted by Crippen LogP contribution is 2.32. The van der Waals surface area contributed by atoms with Crippen LogP contribution in [0.25, 0.3) is 11.4 Å². The van der Waals surface area contributed by atoms with E-state index in [2.05, 4.69) is 15.1 Å². The second-order valence-electron chi connectivity index (χ2n) is 9.76. The Kier molecular flexibility index (Phi) is 7.68. The number of hydrogen-bond acceptors (Lipinski definition) is 6. The van der Waals surface area contributed by atoms with E-state index in [0.29, 0.717) is 11.5 Å². The summed E-state index contributed by atoms with van der Waals surface area (Å²) >= 11 is 0. The van der Waals surface area contributed by atoms with Crippen LogP contribution in [0.5, 0.6) is 0 Å². The Bertz CT molecular complexity index is 919. The largest absolute Gasteiger partial charge is 0.460 e. The molecule has 7 nitrogen and oxygen atoms in total. The molecule has 1 N–H and O–H groups in total. The fraction of sp³-hybridized carbons (Fsp3) is 0.667. The van der Waals surface area contributed by atoms with E-state index < -0.39 is 5.60 Å². The number of nitrogens with one attached hydrogen (secondary N) is 1. The van der Waals surface area contributed by atoms with Crippen LogP contribution in [0.15, 0.2) is 21.5 Å². The van der Waals surface area contributed by atoms with Gasteiger partial charge in [-0.25, -0.2) is 0 Å². The molecular formula is C24H35N3O4.